The molecule has 43 heavy (non-hydrogen) atoms. The highest BCUT2D eigenvalue weighted by molar-refractivity contribution is 7.80. The SMILES string of the molecule is Cn1cc(-c2ccc(CC(CCO)NC(=O)c3ccc(N(CCc4ccccc4Cl)S(=O)[O-])cc3)cc2)nc1C(C)(C)C. The van der Waals surface area contributed by atoms with E-state index < -0.39 is 11.3 Å². The monoisotopic (exact) mass is 621 g/mol. The highest BCUT2D eigenvalue weighted by atomic mass is 35.5. The highest BCUT2D eigenvalue weighted by Crippen LogP contribution is 2.26. The van der Waals surface area contributed by atoms with E-state index in [1.54, 1.807) is 30.3 Å². The number of halogens is 1. The van der Waals surface area contributed by atoms with Crippen LogP contribution in [0.3, 0.4) is 0 Å². The fourth-order valence-corrected chi connectivity index (χ4v) is 5.80. The molecule has 0 aliphatic rings. The molecule has 0 saturated carbocycles. The molecular weight excluding hydrogens is 584 g/mol. The fraction of sp³-hybridized carbons (Fsp3) is 0.333. The van der Waals surface area contributed by atoms with Crippen LogP contribution in [0.15, 0.2) is 79.0 Å². The molecule has 8 nitrogen and oxygen atoms in total. The Bertz CT molecular complexity index is 1550. The van der Waals surface area contributed by atoms with E-state index in [0.717, 1.165) is 28.2 Å². The third kappa shape index (κ3) is 8.54. The van der Waals surface area contributed by atoms with E-state index >= 15 is 0 Å². The predicted octanol–water partition coefficient (Wildman–Crippen LogP) is 5.60. The minimum atomic E-state index is -2.50. The van der Waals surface area contributed by atoms with Crippen LogP contribution >= 0.6 is 11.6 Å². The van der Waals surface area contributed by atoms with Crippen LogP contribution in [0, 0.1) is 0 Å². The van der Waals surface area contributed by atoms with E-state index in [0.29, 0.717) is 35.5 Å². The van der Waals surface area contributed by atoms with Crippen molar-refractivity contribution in [3.63, 3.8) is 0 Å². The molecule has 2 unspecified atom stereocenters. The number of aliphatic hydroxyl groups is 1. The number of carbonyl (C=O) groups excluding carboxylic acids is 1. The highest BCUT2D eigenvalue weighted by Gasteiger charge is 2.21. The average molecular weight is 622 g/mol. The van der Waals surface area contributed by atoms with Gasteiger partial charge in [-0.25, -0.2) is 4.98 Å². The first-order valence-corrected chi connectivity index (χ1v) is 15.6. The number of aliphatic hydroxyl groups excluding tert-OH is 1. The quantitative estimate of drug-likeness (QED) is 0.200. The first-order chi connectivity index (χ1) is 20.5. The molecule has 0 aliphatic heterocycles. The van der Waals surface area contributed by atoms with Crippen molar-refractivity contribution in [3.05, 3.63) is 107 Å². The molecule has 0 aliphatic carbocycles. The molecule has 4 aromatic rings. The van der Waals surface area contributed by atoms with E-state index in [9.17, 15) is 18.7 Å². The molecule has 1 heterocycles. The molecule has 0 spiro atoms. The maximum absolute atomic E-state index is 13.1. The number of nitrogens with one attached hydrogen (secondary N) is 1. The van der Waals surface area contributed by atoms with Gasteiger partial charge in [0.2, 0.25) is 0 Å². The van der Waals surface area contributed by atoms with Gasteiger partial charge in [-0.2, -0.15) is 0 Å². The lowest BCUT2D eigenvalue weighted by Gasteiger charge is -2.27. The van der Waals surface area contributed by atoms with E-state index in [-0.39, 0.29) is 30.5 Å². The summed E-state index contributed by atoms with van der Waals surface area (Å²) in [5, 5.41) is 13.3. The second kappa shape index (κ2) is 14.3. The van der Waals surface area contributed by atoms with Crippen molar-refractivity contribution < 1.29 is 18.7 Å². The molecule has 0 fully saturated rings. The predicted molar refractivity (Wildman–Crippen MR) is 172 cm³/mol. The number of hydrogen-bond acceptors (Lipinski definition) is 5. The number of benzene rings is 3. The Morgan fingerprint density at radius 3 is 2.35 bits per heavy atom. The zero-order chi connectivity index (χ0) is 31.1. The van der Waals surface area contributed by atoms with E-state index in [2.05, 4.69) is 30.7 Å². The van der Waals surface area contributed by atoms with Crippen LogP contribution in [-0.4, -0.2) is 48.5 Å². The molecule has 4 rings (SSSR count). The first kappa shape index (κ1) is 32.4. The number of amides is 1. The van der Waals surface area contributed by atoms with Crippen LogP contribution in [0.5, 0.6) is 0 Å². The normalized spacial score (nSPS) is 13.0. The number of anilines is 1. The third-order valence-corrected chi connectivity index (χ3v) is 8.35. The van der Waals surface area contributed by atoms with Crippen molar-refractivity contribution in [1.82, 2.24) is 14.9 Å². The van der Waals surface area contributed by atoms with Crippen molar-refractivity contribution in [2.24, 2.45) is 7.05 Å². The smallest absolute Gasteiger partial charge is 0.251 e. The van der Waals surface area contributed by atoms with E-state index in [4.69, 9.17) is 16.6 Å². The van der Waals surface area contributed by atoms with Crippen LogP contribution in [0.4, 0.5) is 5.69 Å². The van der Waals surface area contributed by atoms with Gasteiger partial charge in [-0.15, -0.1) is 0 Å². The summed E-state index contributed by atoms with van der Waals surface area (Å²) in [6, 6.07) is 21.5. The molecule has 2 N–H and O–H groups in total. The van der Waals surface area contributed by atoms with Crippen LogP contribution in [0.2, 0.25) is 5.02 Å². The average Bonchev–Trinajstić information content (AvgIpc) is 3.37. The van der Waals surface area contributed by atoms with Crippen LogP contribution in [-0.2, 0) is 36.6 Å². The number of imidazole rings is 1. The zero-order valence-electron chi connectivity index (χ0n) is 24.9. The van der Waals surface area contributed by atoms with Gasteiger partial charge in [0.1, 0.15) is 5.82 Å². The van der Waals surface area contributed by atoms with Gasteiger partial charge in [0.05, 0.1) is 5.69 Å². The Morgan fingerprint density at radius 2 is 1.77 bits per heavy atom. The summed E-state index contributed by atoms with van der Waals surface area (Å²) >= 11 is 3.72. The molecule has 1 aromatic heterocycles. The summed E-state index contributed by atoms with van der Waals surface area (Å²) in [6.45, 7) is 6.56. The van der Waals surface area contributed by atoms with Crippen LogP contribution in [0.1, 0.15) is 54.5 Å². The van der Waals surface area contributed by atoms with Gasteiger partial charge >= 0.3 is 0 Å². The second-order valence-electron chi connectivity index (χ2n) is 11.6. The van der Waals surface area contributed by atoms with Gasteiger partial charge in [0.25, 0.3) is 5.91 Å². The maximum Gasteiger partial charge on any atom is 0.251 e. The van der Waals surface area contributed by atoms with E-state index in [1.165, 1.54) is 4.31 Å². The summed E-state index contributed by atoms with van der Waals surface area (Å²) in [4.78, 5) is 17.9. The van der Waals surface area contributed by atoms with Gasteiger partial charge in [0.15, 0.2) is 0 Å². The number of hydrogen-bond donors (Lipinski definition) is 2. The number of aromatic nitrogens is 2. The van der Waals surface area contributed by atoms with Gasteiger partial charge < -0.3 is 23.8 Å². The maximum atomic E-state index is 13.1. The second-order valence-corrected chi connectivity index (χ2v) is 12.9. The van der Waals surface area contributed by atoms with Crippen LogP contribution < -0.4 is 9.62 Å². The number of nitrogens with zero attached hydrogens (tertiary/aromatic N) is 3. The third-order valence-electron chi connectivity index (χ3n) is 7.23. The lowest BCUT2D eigenvalue weighted by molar-refractivity contribution is 0.0930. The molecule has 0 bridgehead atoms. The molecule has 0 saturated heterocycles. The Hall–Kier alpha value is -3.50. The van der Waals surface area contributed by atoms with Crippen molar-refractivity contribution in [2.75, 3.05) is 17.5 Å². The Morgan fingerprint density at radius 1 is 1.09 bits per heavy atom. The molecule has 10 heteroatoms. The Balaban J connectivity index is 1.39. The van der Waals surface area contributed by atoms with Crippen molar-refractivity contribution in [2.45, 2.75) is 51.5 Å². The lowest BCUT2D eigenvalue weighted by Crippen LogP contribution is -2.37. The number of aryl methyl sites for hydroxylation is 1. The minimum absolute atomic E-state index is 0.0611. The molecule has 3 aromatic carbocycles. The largest absolute Gasteiger partial charge is 0.755 e. The van der Waals surface area contributed by atoms with Gasteiger partial charge in [-0.1, -0.05) is 74.8 Å². The Labute approximate surface area is 261 Å². The molecule has 0 radical (unpaired) electrons. The van der Waals surface area contributed by atoms with Gasteiger partial charge in [-0.3, -0.25) is 9.00 Å². The Kier molecular flexibility index (Phi) is 10.8. The molecule has 228 valence electrons. The van der Waals surface area contributed by atoms with Crippen molar-refractivity contribution >= 4 is 34.5 Å². The molecule has 1 amide bonds. The van der Waals surface area contributed by atoms with Gasteiger partial charge in [-0.05, 0) is 60.7 Å². The number of rotatable bonds is 12. The molecule has 2 atom stereocenters. The summed E-state index contributed by atoms with van der Waals surface area (Å²) < 4.78 is 27.2. The molecular formula is C33H38ClN4O4S-. The summed E-state index contributed by atoms with van der Waals surface area (Å²) in [5.74, 6) is 0.715. The van der Waals surface area contributed by atoms with E-state index in [1.807, 2.05) is 55.7 Å². The first-order valence-electron chi connectivity index (χ1n) is 14.2. The summed E-state index contributed by atoms with van der Waals surface area (Å²) in [7, 11) is 2.00. The minimum Gasteiger partial charge on any atom is -0.755 e. The van der Waals surface area contributed by atoms with Gasteiger partial charge in [0, 0.05) is 71.0 Å². The summed E-state index contributed by atoms with van der Waals surface area (Å²) in [6.07, 6.45) is 3.42. The standard InChI is InChI=1S/C33H39ClN4O4S/c1-33(2,3)32-36-30(22-37(32)4)25-11-9-23(10-12-25)21-27(18-20-39)35-31(40)26-13-15-28(16-14-26)38(43(41)42)19-17-24-7-5-6-8-29(24)34/h5-16,22,27,39H,17-21H2,1-4H3,(H,35,40)(H,41,42)/p-1. The number of carbonyl (C=O) groups is 1. The summed E-state index contributed by atoms with van der Waals surface area (Å²) in [5.41, 5.74) is 4.59. The lowest BCUT2D eigenvalue weighted by atomic mass is 9.96. The van der Waals surface area contributed by atoms with Crippen LogP contribution in [0.25, 0.3) is 11.3 Å². The topological polar surface area (TPSA) is 111 Å². The van der Waals surface area contributed by atoms with Crippen molar-refractivity contribution in [3.8, 4) is 11.3 Å². The van der Waals surface area contributed by atoms with Crippen molar-refractivity contribution in [1.29, 1.82) is 0 Å². The zero-order valence-corrected chi connectivity index (χ0v) is 26.5. The fourth-order valence-electron chi connectivity index (χ4n) is 5.04.